The largest absolute Gasteiger partial charge is 0.397 e. The van der Waals surface area contributed by atoms with Gasteiger partial charge in [-0.25, -0.2) is 9.97 Å². The fourth-order valence-corrected chi connectivity index (χ4v) is 1.56. The summed E-state index contributed by atoms with van der Waals surface area (Å²) in [7, 11) is 3.54. The number of ether oxygens (including phenoxy) is 1. The number of fused-ring (bicyclic) bond motifs is 1. The van der Waals surface area contributed by atoms with Crippen molar-refractivity contribution < 1.29 is 4.74 Å². The summed E-state index contributed by atoms with van der Waals surface area (Å²) >= 11 is 0. The predicted octanol–water partition coefficient (Wildman–Crippen LogP) is 0.697. The van der Waals surface area contributed by atoms with E-state index in [0.717, 1.165) is 16.7 Å². The van der Waals surface area contributed by atoms with Gasteiger partial charge in [0, 0.05) is 20.4 Å². The van der Waals surface area contributed by atoms with Gasteiger partial charge in [-0.05, 0) is 0 Å². The minimum Gasteiger partial charge on any atom is -0.397 e. The van der Waals surface area contributed by atoms with E-state index in [1.165, 1.54) is 6.33 Å². The van der Waals surface area contributed by atoms with Crippen LogP contribution in [0.2, 0.25) is 0 Å². The SMILES string of the molecule is COCc1ncnc2c1c(N)cn2C. The van der Waals surface area contributed by atoms with Crippen LogP contribution in [0, 0.1) is 0 Å². The minimum atomic E-state index is 0.452. The van der Waals surface area contributed by atoms with E-state index in [2.05, 4.69) is 9.97 Å². The molecule has 0 radical (unpaired) electrons. The molecular weight excluding hydrogens is 180 g/mol. The number of hydrogen-bond acceptors (Lipinski definition) is 4. The molecule has 0 bridgehead atoms. The molecule has 0 saturated carbocycles. The van der Waals surface area contributed by atoms with E-state index in [0.29, 0.717) is 12.3 Å². The molecule has 0 aliphatic carbocycles. The smallest absolute Gasteiger partial charge is 0.145 e. The van der Waals surface area contributed by atoms with E-state index < -0.39 is 0 Å². The number of nitrogen functional groups attached to an aromatic ring is 1. The third-order valence-corrected chi connectivity index (χ3v) is 2.14. The van der Waals surface area contributed by atoms with Crippen LogP contribution in [0.25, 0.3) is 11.0 Å². The summed E-state index contributed by atoms with van der Waals surface area (Å²) in [5.74, 6) is 0. The first-order valence-corrected chi connectivity index (χ1v) is 4.27. The Kier molecular flexibility index (Phi) is 2.09. The van der Waals surface area contributed by atoms with Crippen molar-refractivity contribution >= 4 is 16.7 Å². The van der Waals surface area contributed by atoms with Crippen LogP contribution in [0.1, 0.15) is 5.69 Å². The van der Waals surface area contributed by atoms with Crippen molar-refractivity contribution in [2.24, 2.45) is 7.05 Å². The van der Waals surface area contributed by atoms with Crippen molar-refractivity contribution in [3.63, 3.8) is 0 Å². The molecule has 2 N–H and O–H groups in total. The molecule has 2 aromatic heterocycles. The van der Waals surface area contributed by atoms with Crippen LogP contribution in [0.15, 0.2) is 12.5 Å². The number of hydrogen-bond donors (Lipinski definition) is 1. The number of methoxy groups -OCH3 is 1. The Hall–Kier alpha value is -1.62. The molecule has 74 valence electrons. The summed E-state index contributed by atoms with van der Waals surface area (Å²) < 4.78 is 6.93. The van der Waals surface area contributed by atoms with Gasteiger partial charge in [-0.3, -0.25) is 0 Å². The van der Waals surface area contributed by atoms with E-state index in [1.807, 2.05) is 17.8 Å². The van der Waals surface area contributed by atoms with E-state index in [1.54, 1.807) is 7.11 Å². The molecule has 2 rings (SSSR count). The van der Waals surface area contributed by atoms with Gasteiger partial charge in [0.2, 0.25) is 0 Å². The van der Waals surface area contributed by atoms with E-state index in [-0.39, 0.29) is 0 Å². The van der Waals surface area contributed by atoms with Gasteiger partial charge in [0.05, 0.1) is 23.4 Å². The molecule has 2 aromatic rings. The fourth-order valence-electron chi connectivity index (χ4n) is 1.56. The summed E-state index contributed by atoms with van der Waals surface area (Å²) in [6, 6.07) is 0. The van der Waals surface area contributed by atoms with Gasteiger partial charge in [-0.15, -0.1) is 0 Å². The van der Waals surface area contributed by atoms with Crippen LogP contribution in [0.3, 0.4) is 0 Å². The Morgan fingerprint density at radius 3 is 3.00 bits per heavy atom. The molecular formula is C9H12N4O. The lowest BCUT2D eigenvalue weighted by atomic mass is 10.2. The summed E-state index contributed by atoms with van der Waals surface area (Å²) in [5, 5.41) is 0.886. The molecule has 14 heavy (non-hydrogen) atoms. The lowest BCUT2D eigenvalue weighted by Crippen LogP contribution is -1.97. The highest BCUT2D eigenvalue weighted by Crippen LogP contribution is 2.23. The number of nitrogens with two attached hydrogens (primary N) is 1. The standard InChI is InChI=1S/C9H12N4O/c1-13-3-6(10)8-7(4-14-2)11-5-12-9(8)13/h3,5H,4,10H2,1-2H3. The van der Waals surface area contributed by atoms with Crippen molar-refractivity contribution in [2.75, 3.05) is 12.8 Å². The second-order valence-electron chi connectivity index (χ2n) is 3.15. The first-order chi connectivity index (χ1) is 6.74. The summed E-state index contributed by atoms with van der Waals surface area (Å²) in [5.41, 5.74) is 8.21. The Morgan fingerprint density at radius 1 is 1.50 bits per heavy atom. The third-order valence-electron chi connectivity index (χ3n) is 2.14. The summed E-state index contributed by atoms with van der Waals surface area (Å²) in [6.07, 6.45) is 3.36. The average Bonchev–Trinajstić information content (AvgIpc) is 2.44. The topological polar surface area (TPSA) is 66.0 Å². The van der Waals surface area contributed by atoms with Crippen LogP contribution in [0.5, 0.6) is 0 Å². The average molecular weight is 192 g/mol. The second kappa shape index (κ2) is 3.26. The zero-order valence-electron chi connectivity index (χ0n) is 8.19. The number of aromatic nitrogens is 3. The van der Waals surface area contributed by atoms with Crippen molar-refractivity contribution in [3.05, 3.63) is 18.2 Å². The molecule has 0 spiro atoms. The normalized spacial score (nSPS) is 11.0. The first kappa shape index (κ1) is 8.96. The predicted molar refractivity (Wildman–Crippen MR) is 53.6 cm³/mol. The van der Waals surface area contributed by atoms with Crippen molar-refractivity contribution in [2.45, 2.75) is 6.61 Å². The molecule has 0 atom stereocenters. The minimum absolute atomic E-state index is 0.452. The molecule has 5 nitrogen and oxygen atoms in total. The fraction of sp³-hybridized carbons (Fsp3) is 0.333. The molecule has 0 aromatic carbocycles. The van der Waals surface area contributed by atoms with Gasteiger partial charge in [-0.1, -0.05) is 0 Å². The number of anilines is 1. The highest BCUT2D eigenvalue weighted by atomic mass is 16.5. The monoisotopic (exact) mass is 192 g/mol. The number of nitrogens with zero attached hydrogens (tertiary/aromatic N) is 3. The van der Waals surface area contributed by atoms with Crippen molar-refractivity contribution in [1.82, 2.24) is 14.5 Å². The molecule has 5 heteroatoms. The summed E-state index contributed by atoms with van der Waals surface area (Å²) in [4.78, 5) is 8.30. The van der Waals surface area contributed by atoms with Gasteiger partial charge in [0.15, 0.2) is 0 Å². The van der Waals surface area contributed by atoms with E-state index in [4.69, 9.17) is 10.5 Å². The lowest BCUT2D eigenvalue weighted by molar-refractivity contribution is 0.182. The number of rotatable bonds is 2. The number of aryl methyl sites for hydroxylation is 1. The molecule has 0 amide bonds. The second-order valence-corrected chi connectivity index (χ2v) is 3.15. The van der Waals surface area contributed by atoms with Gasteiger partial charge < -0.3 is 15.0 Å². The highest BCUT2D eigenvalue weighted by molar-refractivity contribution is 5.91. The van der Waals surface area contributed by atoms with Gasteiger partial charge in [0.25, 0.3) is 0 Å². The van der Waals surface area contributed by atoms with Crippen LogP contribution in [0.4, 0.5) is 5.69 Å². The van der Waals surface area contributed by atoms with E-state index in [9.17, 15) is 0 Å². The Morgan fingerprint density at radius 2 is 2.29 bits per heavy atom. The molecule has 0 aliphatic heterocycles. The molecule has 2 heterocycles. The lowest BCUT2D eigenvalue weighted by Gasteiger charge is -2.01. The maximum absolute atomic E-state index is 5.85. The zero-order chi connectivity index (χ0) is 10.1. The van der Waals surface area contributed by atoms with Crippen molar-refractivity contribution in [1.29, 1.82) is 0 Å². The van der Waals surface area contributed by atoms with E-state index >= 15 is 0 Å². The van der Waals surface area contributed by atoms with Crippen LogP contribution >= 0.6 is 0 Å². The Bertz CT molecular complexity index is 463. The Balaban J connectivity index is 2.72. The molecule has 0 fully saturated rings. The van der Waals surface area contributed by atoms with Gasteiger partial charge in [-0.2, -0.15) is 0 Å². The quantitative estimate of drug-likeness (QED) is 0.760. The van der Waals surface area contributed by atoms with Gasteiger partial charge in [0.1, 0.15) is 12.0 Å². The molecule has 0 unspecified atom stereocenters. The van der Waals surface area contributed by atoms with Crippen LogP contribution in [-0.2, 0) is 18.4 Å². The van der Waals surface area contributed by atoms with Gasteiger partial charge >= 0.3 is 0 Å². The van der Waals surface area contributed by atoms with Crippen LogP contribution < -0.4 is 5.73 Å². The van der Waals surface area contributed by atoms with Crippen molar-refractivity contribution in [3.8, 4) is 0 Å². The third kappa shape index (κ3) is 1.22. The van der Waals surface area contributed by atoms with Crippen LogP contribution in [-0.4, -0.2) is 21.6 Å². The maximum atomic E-state index is 5.85. The summed E-state index contributed by atoms with van der Waals surface area (Å²) in [6.45, 7) is 0.452. The zero-order valence-corrected chi connectivity index (χ0v) is 8.19. The molecule has 0 saturated heterocycles. The maximum Gasteiger partial charge on any atom is 0.145 e. The highest BCUT2D eigenvalue weighted by Gasteiger charge is 2.10. The Labute approximate surface area is 81.5 Å². The first-order valence-electron chi connectivity index (χ1n) is 4.27. The molecule has 0 aliphatic rings.